The van der Waals surface area contributed by atoms with Crippen LogP contribution in [-0.2, 0) is 43.9 Å². The number of halogens is 6. The van der Waals surface area contributed by atoms with Gasteiger partial charge in [-0.1, -0.05) is 0 Å². The minimum absolute atomic E-state index is 0.186. The number of benzene rings is 1. The third-order valence-electron chi connectivity index (χ3n) is 3.37. The number of alkyl halides is 6. The van der Waals surface area contributed by atoms with Gasteiger partial charge in [-0.15, -0.1) is 0 Å². The normalized spacial score (nSPS) is 14.3. The minimum Gasteiger partial charge on any atom is -0.426 e. The van der Waals surface area contributed by atoms with Gasteiger partial charge in [-0.25, -0.2) is 4.21 Å². The molecule has 0 fully saturated rings. The lowest BCUT2D eigenvalue weighted by atomic mass is 10.1. The molecule has 0 bridgehead atoms. The zero-order chi connectivity index (χ0) is 24.4. The Labute approximate surface area is 173 Å². The Bertz CT molecular complexity index is 965. The number of methoxy groups -OCH3 is 1. The van der Waals surface area contributed by atoms with Crippen molar-refractivity contribution in [3.05, 3.63) is 23.3 Å². The molecule has 9 nitrogen and oxygen atoms in total. The van der Waals surface area contributed by atoms with Crippen molar-refractivity contribution in [3.8, 4) is 11.5 Å². The predicted octanol–water partition coefficient (Wildman–Crippen LogP) is 2.00. The van der Waals surface area contributed by atoms with E-state index in [0.717, 1.165) is 14.0 Å². The van der Waals surface area contributed by atoms with E-state index in [9.17, 15) is 48.9 Å². The number of hydrogen-bond donors (Lipinski definition) is 2. The number of aliphatic hydroxyl groups is 1. The first-order valence-electron chi connectivity index (χ1n) is 7.58. The van der Waals surface area contributed by atoms with Gasteiger partial charge in [0.1, 0.15) is 11.5 Å². The topological polar surface area (TPSA) is 136 Å². The van der Waals surface area contributed by atoms with E-state index in [1.165, 1.54) is 0 Å². The molecule has 1 aromatic carbocycles. The number of hydrogen-bond acceptors (Lipinski definition) is 8. The van der Waals surface area contributed by atoms with E-state index in [-0.39, 0.29) is 16.9 Å². The van der Waals surface area contributed by atoms with Gasteiger partial charge in [-0.3, -0.25) is 9.35 Å². The first-order chi connectivity index (χ1) is 13.9. The molecule has 31 heavy (non-hydrogen) atoms. The molecule has 0 spiro atoms. The van der Waals surface area contributed by atoms with Crippen LogP contribution in [-0.4, -0.2) is 51.8 Å². The largest absolute Gasteiger partial charge is 0.439 e. The molecule has 0 radical (unpaired) electrons. The maximum Gasteiger partial charge on any atom is 0.439 e. The Morgan fingerprint density at radius 1 is 1.13 bits per heavy atom. The molecular weight excluding hydrogens is 490 g/mol. The van der Waals surface area contributed by atoms with Gasteiger partial charge in [-0.2, -0.15) is 34.8 Å². The maximum atomic E-state index is 13.8. The van der Waals surface area contributed by atoms with Crippen molar-refractivity contribution in [3.63, 3.8) is 0 Å². The summed E-state index contributed by atoms with van der Waals surface area (Å²) < 4.78 is 135. The first kappa shape index (κ1) is 27.1. The van der Waals surface area contributed by atoms with Crippen LogP contribution in [0.2, 0.25) is 0 Å². The molecule has 0 aromatic heterocycles. The Morgan fingerprint density at radius 2 is 1.65 bits per heavy atom. The number of rotatable bonds is 10. The minimum atomic E-state index is -7.04. The predicted molar refractivity (Wildman–Crippen MR) is 89.5 cm³/mol. The van der Waals surface area contributed by atoms with Gasteiger partial charge in [0.2, 0.25) is 0 Å². The van der Waals surface area contributed by atoms with Crippen molar-refractivity contribution < 1.29 is 67.1 Å². The molecule has 1 atom stereocenters. The lowest BCUT2D eigenvalue weighted by Crippen LogP contribution is -2.59. The van der Waals surface area contributed by atoms with Crippen LogP contribution in [0, 0.1) is 0 Å². The highest BCUT2D eigenvalue weighted by Crippen LogP contribution is 2.50. The molecule has 1 rings (SSSR count). The van der Waals surface area contributed by atoms with Crippen molar-refractivity contribution in [1.82, 2.24) is 0 Å². The Morgan fingerprint density at radius 3 is 2.06 bits per heavy atom. The summed E-state index contributed by atoms with van der Waals surface area (Å²) in [6, 6.07) is 1.32. The van der Waals surface area contributed by atoms with E-state index in [4.69, 9.17) is 14.0 Å². The highest BCUT2D eigenvalue weighted by atomic mass is 32.2. The van der Waals surface area contributed by atoms with Crippen LogP contribution < -0.4 is 8.92 Å². The van der Waals surface area contributed by atoms with Gasteiger partial charge in [0.15, 0.2) is 0 Å². The standard InChI is InChI=1S/C14H14F6O9S2/c1-7(22)28-11-8(5-21)3-10(4-9(11)6-27-2)29-30(23)13(17,18)12(15,16)14(19,20)31(24,25)26/h3-4,21H,5-6H2,1-2H3,(H,24,25,26). The second kappa shape index (κ2) is 9.27. The van der Waals surface area contributed by atoms with Gasteiger partial charge in [0.25, 0.3) is 11.1 Å². The van der Waals surface area contributed by atoms with E-state index in [1.807, 2.05) is 0 Å². The smallest absolute Gasteiger partial charge is 0.426 e. The van der Waals surface area contributed by atoms with Crippen molar-refractivity contribution in [2.45, 2.75) is 36.6 Å². The molecule has 17 heteroatoms. The number of carbonyl (C=O) groups is 1. The Hall–Kier alpha value is -1.95. The number of carbonyl (C=O) groups excluding carboxylic acids is 1. The fourth-order valence-electron chi connectivity index (χ4n) is 2.00. The second-order valence-corrected chi connectivity index (χ2v) is 8.27. The fraction of sp³-hybridized carbons (Fsp3) is 0.500. The van der Waals surface area contributed by atoms with E-state index in [0.29, 0.717) is 12.1 Å². The van der Waals surface area contributed by atoms with Crippen LogP contribution in [0.3, 0.4) is 0 Å². The van der Waals surface area contributed by atoms with Crippen LogP contribution >= 0.6 is 0 Å². The Kier molecular flexibility index (Phi) is 8.10. The van der Waals surface area contributed by atoms with Gasteiger partial charge in [-0.05, 0) is 12.1 Å². The maximum absolute atomic E-state index is 13.8. The highest BCUT2D eigenvalue weighted by molar-refractivity contribution is 7.87. The van der Waals surface area contributed by atoms with Gasteiger partial charge in [0, 0.05) is 25.2 Å². The van der Waals surface area contributed by atoms with Crippen LogP contribution in [0.15, 0.2) is 12.1 Å². The lowest BCUT2D eigenvalue weighted by Gasteiger charge is -2.29. The summed E-state index contributed by atoms with van der Waals surface area (Å²) in [5.74, 6) is -9.03. The van der Waals surface area contributed by atoms with Crippen LogP contribution in [0.4, 0.5) is 26.3 Å². The van der Waals surface area contributed by atoms with Crippen molar-refractivity contribution in [2.75, 3.05) is 7.11 Å². The van der Waals surface area contributed by atoms with E-state index in [1.54, 1.807) is 0 Å². The molecule has 0 amide bonds. The van der Waals surface area contributed by atoms with Crippen LogP contribution in [0.25, 0.3) is 0 Å². The summed E-state index contributed by atoms with van der Waals surface area (Å²) in [5.41, 5.74) is -0.537. The summed E-state index contributed by atoms with van der Waals surface area (Å²) in [6.45, 7) is -0.390. The molecule has 0 aliphatic carbocycles. The third kappa shape index (κ3) is 5.28. The SMILES string of the molecule is COCc1cc(OS(=O)C(F)(F)C(F)(F)C(F)(F)S(=O)(=O)O)cc(CO)c1OC(C)=O. The average Bonchev–Trinajstić information content (AvgIpc) is 2.61. The number of aliphatic hydroxyl groups excluding tert-OH is 1. The van der Waals surface area contributed by atoms with Gasteiger partial charge in [0.05, 0.1) is 13.2 Å². The second-order valence-electron chi connectivity index (χ2n) is 5.66. The summed E-state index contributed by atoms with van der Waals surface area (Å²) in [7, 11) is -5.91. The fourth-order valence-corrected chi connectivity index (χ4v) is 3.23. The van der Waals surface area contributed by atoms with Gasteiger partial charge < -0.3 is 18.8 Å². The molecule has 1 aromatic rings. The van der Waals surface area contributed by atoms with Gasteiger partial charge >= 0.3 is 32.5 Å². The van der Waals surface area contributed by atoms with E-state index >= 15 is 0 Å². The summed E-state index contributed by atoms with van der Waals surface area (Å²) >= 11 is -4.64. The summed E-state index contributed by atoms with van der Waals surface area (Å²) in [6.07, 6.45) is 0. The average molecular weight is 504 g/mol. The third-order valence-corrected chi connectivity index (χ3v) is 5.29. The van der Waals surface area contributed by atoms with E-state index in [2.05, 4.69) is 4.18 Å². The molecule has 0 saturated carbocycles. The van der Waals surface area contributed by atoms with Crippen molar-refractivity contribution >= 4 is 27.2 Å². The molecule has 178 valence electrons. The zero-order valence-corrected chi connectivity index (χ0v) is 17.0. The molecule has 1 unspecified atom stereocenters. The molecule has 0 aliphatic heterocycles. The zero-order valence-electron chi connectivity index (χ0n) is 15.4. The first-order valence-corrected chi connectivity index (χ1v) is 10.1. The molecule has 0 heterocycles. The lowest BCUT2D eigenvalue weighted by molar-refractivity contribution is -0.245. The quantitative estimate of drug-likeness (QED) is 0.212. The molecule has 0 saturated heterocycles. The summed E-state index contributed by atoms with van der Waals surface area (Å²) in [5, 5.41) is -3.71. The molecular formula is C14H14F6O9S2. The summed E-state index contributed by atoms with van der Waals surface area (Å²) in [4.78, 5) is 11.2. The van der Waals surface area contributed by atoms with Crippen LogP contribution in [0.1, 0.15) is 18.1 Å². The van der Waals surface area contributed by atoms with Crippen LogP contribution in [0.5, 0.6) is 11.5 Å². The van der Waals surface area contributed by atoms with Crippen molar-refractivity contribution in [2.24, 2.45) is 0 Å². The molecule has 0 aliphatic rings. The number of ether oxygens (including phenoxy) is 2. The van der Waals surface area contributed by atoms with E-state index < -0.39 is 62.6 Å². The Balaban J connectivity index is 3.43. The van der Waals surface area contributed by atoms with Crippen molar-refractivity contribution in [1.29, 1.82) is 0 Å². The monoisotopic (exact) mass is 504 g/mol. The highest BCUT2D eigenvalue weighted by Gasteiger charge is 2.80. The molecule has 2 N–H and O–H groups in total. The number of esters is 1.